The number of anilines is 3. The average Bonchev–Trinajstić information content (AvgIpc) is 3.69. The fourth-order valence-electron chi connectivity index (χ4n) is 7.53. The van der Waals surface area contributed by atoms with E-state index in [-0.39, 0.29) is 0 Å². The molecule has 3 heteroatoms. The molecule has 254 valence electrons. The minimum absolute atomic E-state index is 0.656. The zero-order valence-corrected chi connectivity index (χ0v) is 29.4. The van der Waals surface area contributed by atoms with Crippen LogP contribution in [-0.2, 0) is 0 Å². The van der Waals surface area contributed by atoms with E-state index in [0.29, 0.717) is 5.71 Å². The summed E-state index contributed by atoms with van der Waals surface area (Å²) in [7, 11) is 0. The van der Waals surface area contributed by atoms with Gasteiger partial charge in [0.2, 0.25) is 5.71 Å². The van der Waals surface area contributed by atoms with Crippen LogP contribution in [0.3, 0.4) is 0 Å². The van der Waals surface area contributed by atoms with Gasteiger partial charge >= 0.3 is 0 Å². The summed E-state index contributed by atoms with van der Waals surface area (Å²) >= 11 is 0. The van der Waals surface area contributed by atoms with Gasteiger partial charge in [-0.15, -0.1) is 0 Å². The lowest BCUT2D eigenvalue weighted by molar-refractivity contribution is 0.604. The molecular weight excluding hydrogens is 657 g/mol. The number of furan rings is 1. The summed E-state index contributed by atoms with van der Waals surface area (Å²) in [4.78, 5) is 6.68. The van der Waals surface area contributed by atoms with Crippen LogP contribution in [0.5, 0.6) is 0 Å². The van der Waals surface area contributed by atoms with E-state index in [4.69, 9.17) is 4.42 Å². The molecule has 0 atom stereocenters. The number of pyridine rings is 1. The third-order valence-electron chi connectivity index (χ3n) is 10.4. The highest BCUT2D eigenvalue weighted by molar-refractivity contribution is 5.93. The molecule has 2 heterocycles. The van der Waals surface area contributed by atoms with Gasteiger partial charge in [-0.1, -0.05) is 133 Å². The lowest BCUT2D eigenvalue weighted by atomic mass is 9.99. The first-order chi connectivity index (χ1) is 26.7. The molecule has 2 aromatic heterocycles. The monoisotopic (exact) mass is 690 g/mol. The largest absolute Gasteiger partial charge is 0.445 e. The standard InChI is InChI=1S/C51H34N2O/c1-3-8-42-32-44(17-13-35(42)6-1)39-21-27-47(28-22-39)53(48-29-23-40(24-30-48)45-18-14-36-7-2-4-9-43(36)33-45)46-25-19-38(20-26-46)37-11-15-41(16-12-37)50-34-54-51-49(50)10-5-31-52-51/h1-34H. The molecule has 10 aromatic rings. The summed E-state index contributed by atoms with van der Waals surface area (Å²) in [6.45, 7) is 0. The van der Waals surface area contributed by atoms with Crippen LogP contribution >= 0.6 is 0 Å². The number of benzene rings is 8. The second-order valence-electron chi connectivity index (χ2n) is 13.7. The van der Waals surface area contributed by atoms with Crippen LogP contribution in [0, 0.1) is 0 Å². The Bertz CT molecular complexity index is 2780. The molecule has 0 fully saturated rings. The van der Waals surface area contributed by atoms with Gasteiger partial charge in [0.1, 0.15) is 6.26 Å². The van der Waals surface area contributed by atoms with E-state index in [1.54, 1.807) is 12.5 Å². The molecule has 0 bridgehead atoms. The summed E-state index contributed by atoms with van der Waals surface area (Å²) in [5.74, 6) is 0. The molecular formula is C51H34N2O. The highest BCUT2D eigenvalue weighted by Gasteiger charge is 2.15. The van der Waals surface area contributed by atoms with Crippen LogP contribution < -0.4 is 4.90 Å². The Morgan fingerprint density at radius 2 is 0.759 bits per heavy atom. The van der Waals surface area contributed by atoms with Gasteiger partial charge in [0.05, 0.1) is 0 Å². The summed E-state index contributed by atoms with van der Waals surface area (Å²) in [5.41, 5.74) is 13.2. The summed E-state index contributed by atoms with van der Waals surface area (Å²) in [6, 6.07) is 69.7. The fourth-order valence-corrected chi connectivity index (χ4v) is 7.53. The minimum atomic E-state index is 0.656. The molecule has 0 N–H and O–H groups in total. The number of fused-ring (bicyclic) bond motifs is 3. The summed E-state index contributed by atoms with van der Waals surface area (Å²) in [6.07, 6.45) is 3.55. The first kappa shape index (κ1) is 31.5. The Hall–Kier alpha value is -7.23. The quantitative estimate of drug-likeness (QED) is 0.167. The van der Waals surface area contributed by atoms with E-state index in [9.17, 15) is 0 Å². The molecule has 0 aliphatic carbocycles. The number of aromatic nitrogens is 1. The summed E-state index contributed by atoms with van der Waals surface area (Å²) < 4.78 is 5.70. The average molecular weight is 691 g/mol. The molecule has 0 saturated carbocycles. The van der Waals surface area contributed by atoms with Crippen molar-refractivity contribution in [2.75, 3.05) is 4.90 Å². The van der Waals surface area contributed by atoms with Crippen LogP contribution in [0.1, 0.15) is 0 Å². The van der Waals surface area contributed by atoms with Crippen molar-refractivity contribution in [2.45, 2.75) is 0 Å². The number of nitrogens with zero attached hydrogens (tertiary/aromatic N) is 2. The Labute approximate surface area is 314 Å². The highest BCUT2D eigenvalue weighted by Crippen LogP contribution is 2.39. The van der Waals surface area contributed by atoms with E-state index < -0.39 is 0 Å². The maximum atomic E-state index is 5.70. The summed E-state index contributed by atoms with van der Waals surface area (Å²) in [5, 5.41) is 6.01. The van der Waals surface area contributed by atoms with Crippen molar-refractivity contribution >= 4 is 49.7 Å². The minimum Gasteiger partial charge on any atom is -0.445 e. The number of rotatable bonds is 7. The number of hydrogen-bond acceptors (Lipinski definition) is 3. The van der Waals surface area contributed by atoms with E-state index >= 15 is 0 Å². The van der Waals surface area contributed by atoms with Crippen LogP contribution in [-0.4, -0.2) is 4.98 Å². The molecule has 0 amide bonds. The Balaban J connectivity index is 0.985. The maximum absolute atomic E-state index is 5.70. The van der Waals surface area contributed by atoms with Crippen molar-refractivity contribution in [3.05, 3.63) is 207 Å². The van der Waals surface area contributed by atoms with Gasteiger partial charge in [0.15, 0.2) is 0 Å². The van der Waals surface area contributed by atoms with Crippen molar-refractivity contribution < 1.29 is 4.42 Å². The van der Waals surface area contributed by atoms with Crippen LogP contribution in [0.15, 0.2) is 211 Å². The second-order valence-corrected chi connectivity index (χ2v) is 13.7. The van der Waals surface area contributed by atoms with E-state index in [1.165, 1.54) is 43.8 Å². The lowest BCUT2D eigenvalue weighted by Gasteiger charge is -2.26. The molecule has 0 aliphatic rings. The predicted octanol–water partition coefficient (Wildman–Crippen LogP) is 14.3. The molecule has 0 saturated heterocycles. The Morgan fingerprint density at radius 1 is 0.352 bits per heavy atom. The van der Waals surface area contributed by atoms with Gasteiger partial charge in [0, 0.05) is 34.2 Å². The first-order valence-corrected chi connectivity index (χ1v) is 18.3. The van der Waals surface area contributed by atoms with Gasteiger partial charge in [-0.25, -0.2) is 4.98 Å². The van der Waals surface area contributed by atoms with Crippen molar-refractivity contribution in [3.63, 3.8) is 0 Å². The van der Waals surface area contributed by atoms with Crippen molar-refractivity contribution in [3.8, 4) is 44.5 Å². The molecule has 8 aromatic carbocycles. The molecule has 0 unspecified atom stereocenters. The van der Waals surface area contributed by atoms with Crippen LogP contribution in [0.25, 0.3) is 77.2 Å². The van der Waals surface area contributed by atoms with Crippen LogP contribution in [0.2, 0.25) is 0 Å². The normalized spacial score (nSPS) is 11.3. The van der Waals surface area contributed by atoms with Gasteiger partial charge in [-0.3, -0.25) is 0 Å². The van der Waals surface area contributed by atoms with Gasteiger partial charge in [0.25, 0.3) is 0 Å². The van der Waals surface area contributed by atoms with E-state index in [1.807, 2.05) is 12.1 Å². The third kappa shape index (κ3) is 5.88. The predicted molar refractivity (Wildman–Crippen MR) is 225 cm³/mol. The van der Waals surface area contributed by atoms with Crippen molar-refractivity contribution in [1.82, 2.24) is 4.98 Å². The zero-order chi connectivity index (χ0) is 35.8. The molecule has 0 aliphatic heterocycles. The Kier molecular flexibility index (Phi) is 7.81. The molecule has 3 nitrogen and oxygen atoms in total. The molecule has 0 spiro atoms. The van der Waals surface area contributed by atoms with Gasteiger partial charge in [-0.2, -0.15) is 0 Å². The number of hydrogen-bond donors (Lipinski definition) is 0. The molecule has 0 radical (unpaired) electrons. The smallest absolute Gasteiger partial charge is 0.226 e. The maximum Gasteiger partial charge on any atom is 0.226 e. The van der Waals surface area contributed by atoms with Crippen molar-refractivity contribution in [1.29, 1.82) is 0 Å². The van der Waals surface area contributed by atoms with Crippen molar-refractivity contribution in [2.24, 2.45) is 0 Å². The second kappa shape index (κ2) is 13.4. The topological polar surface area (TPSA) is 29.3 Å². The lowest BCUT2D eigenvalue weighted by Crippen LogP contribution is -2.09. The van der Waals surface area contributed by atoms with Gasteiger partial charge in [-0.05, 0) is 121 Å². The molecule has 10 rings (SSSR count). The van der Waals surface area contributed by atoms with Crippen LogP contribution in [0.4, 0.5) is 17.1 Å². The first-order valence-electron chi connectivity index (χ1n) is 18.3. The zero-order valence-electron chi connectivity index (χ0n) is 29.4. The van der Waals surface area contributed by atoms with E-state index in [0.717, 1.165) is 44.7 Å². The highest BCUT2D eigenvalue weighted by atomic mass is 16.3. The van der Waals surface area contributed by atoms with E-state index in [2.05, 4.69) is 192 Å². The fraction of sp³-hybridized carbons (Fsp3) is 0. The Morgan fingerprint density at radius 3 is 1.26 bits per heavy atom. The third-order valence-corrected chi connectivity index (χ3v) is 10.4. The SMILES string of the molecule is c1ccc2cc(-c3ccc(N(c4ccc(-c5ccc(-c6coc7ncccc67)cc5)cc4)c4ccc(-c5ccc6ccccc6c5)cc4)cc3)ccc2c1. The van der Waals surface area contributed by atoms with Gasteiger partial charge < -0.3 is 9.32 Å². The molecule has 54 heavy (non-hydrogen) atoms.